The third-order valence-electron chi connectivity index (χ3n) is 4.98. The van der Waals surface area contributed by atoms with Gasteiger partial charge in [-0.15, -0.1) is 0 Å². The summed E-state index contributed by atoms with van der Waals surface area (Å²) in [4.78, 5) is 19.0. The van der Waals surface area contributed by atoms with Crippen LogP contribution in [0.4, 0.5) is 23.2 Å². The molecule has 2 aromatic heterocycles. The summed E-state index contributed by atoms with van der Waals surface area (Å²) in [5, 5.41) is 2.78. The number of nitrogens with zero attached hydrogens (tertiary/aromatic N) is 1. The monoisotopic (exact) mass is 455 g/mol. The quantitative estimate of drug-likeness (QED) is 0.288. The fraction of sp³-hybridized carbons (Fsp3) is 0.0833. The highest BCUT2D eigenvalue weighted by Gasteiger charge is 2.19. The number of aromatic nitrogens is 2. The maximum absolute atomic E-state index is 14.7. The Hall–Kier alpha value is -4.14. The number of hydrogen-bond donors (Lipinski definition) is 2. The zero-order valence-corrected chi connectivity index (χ0v) is 17.5. The molecule has 0 unspecified atom stereocenters. The van der Waals surface area contributed by atoms with Gasteiger partial charge in [0, 0.05) is 52.2 Å². The van der Waals surface area contributed by atoms with Crippen LogP contribution in [0.2, 0.25) is 0 Å². The molecule has 0 radical (unpaired) electrons. The Kier molecular flexibility index (Phi) is 5.87. The minimum atomic E-state index is -0.939. The normalized spacial score (nSPS) is 11.3. The molecular formula is C24H17F4N3O2. The van der Waals surface area contributed by atoms with Crippen LogP contribution in [-0.4, -0.2) is 23.0 Å². The van der Waals surface area contributed by atoms with Crippen molar-refractivity contribution >= 4 is 22.6 Å². The van der Waals surface area contributed by atoms with Gasteiger partial charge in [0.2, 0.25) is 5.91 Å². The number of fused-ring (bicyclic) bond motifs is 1. The predicted octanol–water partition coefficient (Wildman–Crippen LogP) is 5.98. The maximum atomic E-state index is 14.7. The van der Waals surface area contributed by atoms with Crippen molar-refractivity contribution in [1.82, 2.24) is 9.97 Å². The first-order chi connectivity index (χ1) is 15.8. The molecule has 0 aliphatic rings. The molecular weight excluding hydrogens is 438 g/mol. The molecule has 4 aromatic rings. The highest BCUT2D eigenvalue weighted by Crippen LogP contribution is 2.38. The van der Waals surface area contributed by atoms with E-state index in [4.69, 9.17) is 4.74 Å². The molecule has 2 aromatic carbocycles. The van der Waals surface area contributed by atoms with Gasteiger partial charge in [0.1, 0.15) is 23.1 Å². The molecule has 2 N–H and O–H groups in total. The Morgan fingerprint density at radius 3 is 2.52 bits per heavy atom. The van der Waals surface area contributed by atoms with Crippen LogP contribution in [0.15, 0.2) is 54.9 Å². The molecule has 2 heterocycles. The molecule has 0 fully saturated rings. The van der Waals surface area contributed by atoms with Crippen LogP contribution in [0.3, 0.4) is 0 Å². The number of aromatic amines is 1. The number of pyridine rings is 1. The van der Waals surface area contributed by atoms with Crippen LogP contribution in [0.5, 0.6) is 5.75 Å². The number of amides is 1. The van der Waals surface area contributed by atoms with Gasteiger partial charge in [-0.05, 0) is 31.2 Å². The number of rotatable bonds is 5. The molecule has 33 heavy (non-hydrogen) atoms. The van der Waals surface area contributed by atoms with Crippen LogP contribution < -0.4 is 10.1 Å². The molecule has 0 saturated heterocycles. The molecule has 0 aliphatic carbocycles. The third-order valence-corrected chi connectivity index (χ3v) is 4.98. The van der Waals surface area contributed by atoms with E-state index in [1.165, 1.54) is 31.7 Å². The lowest BCUT2D eigenvalue weighted by atomic mass is 10.0. The van der Waals surface area contributed by atoms with Gasteiger partial charge in [0.05, 0.1) is 12.8 Å². The highest BCUT2D eigenvalue weighted by atomic mass is 19.1. The largest absolute Gasteiger partial charge is 0.493 e. The predicted molar refractivity (Wildman–Crippen MR) is 117 cm³/mol. The number of methoxy groups -OCH3 is 1. The fourth-order valence-electron chi connectivity index (χ4n) is 3.53. The maximum Gasteiger partial charge on any atom is 0.248 e. The second-order valence-electron chi connectivity index (χ2n) is 7.09. The summed E-state index contributed by atoms with van der Waals surface area (Å²) in [5.41, 5.74) is 0.921. The van der Waals surface area contributed by atoms with Gasteiger partial charge < -0.3 is 15.0 Å². The molecule has 0 aliphatic heterocycles. The van der Waals surface area contributed by atoms with E-state index >= 15 is 0 Å². The minimum Gasteiger partial charge on any atom is -0.493 e. The highest BCUT2D eigenvalue weighted by molar-refractivity contribution is 6.00. The van der Waals surface area contributed by atoms with Crippen molar-refractivity contribution in [2.75, 3.05) is 12.4 Å². The summed E-state index contributed by atoms with van der Waals surface area (Å²) >= 11 is 0. The van der Waals surface area contributed by atoms with Crippen molar-refractivity contribution in [2.45, 2.75) is 6.92 Å². The van der Waals surface area contributed by atoms with Gasteiger partial charge >= 0.3 is 0 Å². The second-order valence-corrected chi connectivity index (χ2v) is 7.09. The average Bonchev–Trinajstić information content (AvgIpc) is 3.18. The van der Waals surface area contributed by atoms with Crippen LogP contribution >= 0.6 is 0 Å². The third kappa shape index (κ3) is 4.17. The molecule has 0 atom stereocenters. The number of nitrogens with one attached hydrogen (secondary N) is 2. The van der Waals surface area contributed by atoms with Gasteiger partial charge in [-0.25, -0.2) is 22.5 Å². The number of carbonyl (C=O) groups excluding carboxylic acids is 1. The fourth-order valence-corrected chi connectivity index (χ4v) is 3.53. The number of carbonyl (C=O) groups is 1. The first-order valence-electron chi connectivity index (χ1n) is 9.76. The number of H-pyrrole nitrogens is 1. The van der Waals surface area contributed by atoms with Gasteiger partial charge in [-0.2, -0.15) is 0 Å². The zero-order chi connectivity index (χ0) is 23.7. The number of ether oxygens (including phenoxy) is 1. The first kappa shape index (κ1) is 22.1. The Morgan fingerprint density at radius 2 is 1.79 bits per heavy atom. The second kappa shape index (κ2) is 8.78. The van der Waals surface area contributed by atoms with Crippen LogP contribution in [0.1, 0.15) is 6.92 Å². The summed E-state index contributed by atoms with van der Waals surface area (Å²) in [6, 6.07) is 5.19. The van der Waals surface area contributed by atoms with Crippen molar-refractivity contribution in [3.8, 4) is 28.0 Å². The lowest BCUT2D eigenvalue weighted by molar-refractivity contribution is -0.111. The Bertz CT molecular complexity index is 1410. The molecule has 4 rings (SSSR count). The van der Waals surface area contributed by atoms with E-state index in [1.807, 2.05) is 0 Å². The van der Waals surface area contributed by atoms with Crippen LogP contribution in [0, 0.1) is 23.3 Å². The molecule has 5 nitrogen and oxygen atoms in total. The lowest BCUT2D eigenvalue weighted by Crippen LogP contribution is -2.09. The van der Waals surface area contributed by atoms with Crippen molar-refractivity contribution < 1.29 is 27.1 Å². The summed E-state index contributed by atoms with van der Waals surface area (Å²) in [7, 11) is 1.26. The first-order valence-corrected chi connectivity index (χ1v) is 9.76. The van der Waals surface area contributed by atoms with Gasteiger partial charge in [0.15, 0.2) is 11.6 Å². The van der Waals surface area contributed by atoms with Crippen molar-refractivity contribution in [3.63, 3.8) is 0 Å². The van der Waals surface area contributed by atoms with E-state index in [2.05, 4.69) is 15.3 Å². The van der Waals surface area contributed by atoms with Gasteiger partial charge in [-0.1, -0.05) is 6.08 Å². The van der Waals surface area contributed by atoms with E-state index in [0.29, 0.717) is 28.7 Å². The number of halogens is 4. The Balaban J connectivity index is 1.86. The van der Waals surface area contributed by atoms with E-state index in [-0.39, 0.29) is 28.1 Å². The van der Waals surface area contributed by atoms with Crippen molar-refractivity contribution in [1.29, 1.82) is 0 Å². The molecule has 0 bridgehead atoms. The molecule has 168 valence electrons. The number of anilines is 1. The van der Waals surface area contributed by atoms with Gasteiger partial charge in [0.25, 0.3) is 0 Å². The SMILES string of the molecule is C/C=C/C(=O)Nc1cc(-c2cnc3[nH]cc(-c4cc(F)cc(F)c4OC)c3c2)c(F)cc1F. The van der Waals surface area contributed by atoms with Crippen LogP contribution in [0.25, 0.3) is 33.3 Å². The van der Waals surface area contributed by atoms with Gasteiger partial charge in [-0.3, -0.25) is 4.79 Å². The average molecular weight is 455 g/mol. The van der Waals surface area contributed by atoms with E-state index in [1.54, 1.807) is 13.0 Å². The Morgan fingerprint density at radius 1 is 1.00 bits per heavy atom. The summed E-state index contributed by atoms with van der Waals surface area (Å²) in [6.07, 6.45) is 5.54. The molecule has 1 amide bonds. The number of hydrogen-bond acceptors (Lipinski definition) is 3. The standard InChI is InChI=1S/C24H17F4N3O2/c1-3-4-22(32)31-21-8-14(18(26)9-19(21)27)12-5-16-17(11-30-24(16)29-10-12)15-6-13(25)7-20(28)23(15)33-2/h3-11H,1-2H3,(H,29,30)(H,31,32)/b4-3+. The molecule has 0 spiro atoms. The van der Waals surface area contributed by atoms with Crippen molar-refractivity contribution in [3.05, 3.63) is 78.1 Å². The van der Waals surface area contributed by atoms with E-state index < -0.39 is 29.2 Å². The van der Waals surface area contributed by atoms with E-state index in [0.717, 1.165) is 12.1 Å². The van der Waals surface area contributed by atoms with Crippen molar-refractivity contribution in [2.24, 2.45) is 0 Å². The minimum absolute atomic E-state index is 0.0221. The summed E-state index contributed by atoms with van der Waals surface area (Å²) < 4.78 is 62.1. The zero-order valence-electron chi connectivity index (χ0n) is 17.5. The molecule has 0 saturated carbocycles. The van der Waals surface area contributed by atoms with Crippen LogP contribution in [-0.2, 0) is 4.79 Å². The molecule has 9 heteroatoms. The Labute approximate surface area is 185 Å². The smallest absolute Gasteiger partial charge is 0.248 e. The topological polar surface area (TPSA) is 67.0 Å². The number of allylic oxidation sites excluding steroid dienone is 1. The summed E-state index contributed by atoms with van der Waals surface area (Å²) in [6.45, 7) is 1.63. The summed E-state index contributed by atoms with van der Waals surface area (Å²) in [5.74, 6) is -4.22. The number of benzene rings is 2. The lowest BCUT2D eigenvalue weighted by Gasteiger charge is -2.11. The van der Waals surface area contributed by atoms with E-state index in [9.17, 15) is 22.4 Å².